The summed E-state index contributed by atoms with van der Waals surface area (Å²) in [6, 6.07) is 0.737. The second kappa shape index (κ2) is 6.25. The molecule has 4 nitrogen and oxygen atoms in total. The molecule has 4 heteroatoms. The van der Waals surface area contributed by atoms with Crippen LogP contribution in [0.15, 0.2) is 0 Å². The first-order valence-corrected chi connectivity index (χ1v) is 8.84. The van der Waals surface area contributed by atoms with E-state index in [1.165, 1.54) is 38.6 Å². The number of hydrogen-bond donors (Lipinski definition) is 1. The fourth-order valence-electron chi connectivity index (χ4n) is 4.59. The van der Waals surface area contributed by atoms with Gasteiger partial charge in [-0.25, -0.2) is 0 Å². The Labute approximate surface area is 129 Å². The molecule has 1 amide bonds. The van der Waals surface area contributed by atoms with Crippen molar-refractivity contribution in [1.82, 2.24) is 9.80 Å². The summed E-state index contributed by atoms with van der Waals surface area (Å²) >= 11 is 0. The van der Waals surface area contributed by atoms with E-state index in [2.05, 4.69) is 23.6 Å². The Morgan fingerprint density at radius 2 is 1.90 bits per heavy atom. The molecule has 3 atom stereocenters. The predicted molar refractivity (Wildman–Crippen MR) is 84.9 cm³/mol. The van der Waals surface area contributed by atoms with Gasteiger partial charge in [0.25, 0.3) is 0 Å². The lowest BCUT2D eigenvalue weighted by atomic mass is 10.0. The Morgan fingerprint density at radius 3 is 2.48 bits per heavy atom. The highest BCUT2D eigenvalue weighted by atomic mass is 16.2. The summed E-state index contributed by atoms with van der Waals surface area (Å²) < 4.78 is 0. The third-order valence-corrected chi connectivity index (χ3v) is 5.65. The van der Waals surface area contributed by atoms with E-state index in [1.807, 2.05) is 0 Å². The molecule has 2 N–H and O–H groups in total. The van der Waals surface area contributed by atoms with Crippen LogP contribution in [0.2, 0.25) is 0 Å². The van der Waals surface area contributed by atoms with Gasteiger partial charge in [0, 0.05) is 31.7 Å². The van der Waals surface area contributed by atoms with E-state index in [1.54, 1.807) is 0 Å². The zero-order valence-corrected chi connectivity index (χ0v) is 13.6. The van der Waals surface area contributed by atoms with Crippen molar-refractivity contribution in [2.24, 2.45) is 17.6 Å². The number of likely N-dealkylation sites (tertiary alicyclic amines) is 2. The van der Waals surface area contributed by atoms with Crippen molar-refractivity contribution in [3.8, 4) is 0 Å². The zero-order chi connectivity index (χ0) is 15.0. The minimum atomic E-state index is -0.298. The SMILES string of the molecule is CC(C)C[C@H](N)C(=O)N1CC2CC1CN2CC1CCCC1. The van der Waals surface area contributed by atoms with Crippen LogP contribution in [0, 0.1) is 11.8 Å². The molecule has 3 rings (SSSR count). The molecule has 2 unspecified atom stereocenters. The number of nitrogens with two attached hydrogens (primary N) is 1. The number of amides is 1. The molecule has 3 aliphatic rings. The molecular weight excluding hydrogens is 262 g/mol. The second-order valence-corrected chi connectivity index (χ2v) is 7.87. The van der Waals surface area contributed by atoms with Crippen LogP contribution < -0.4 is 5.73 Å². The standard InChI is InChI=1S/C17H31N3O/c1-12(2)7-16(18)17(21)20-11-14-8-15(20)10-19(14)9-13-5-3-4-6-13/h12-16H,3-11,18H2,1-2H3/t14?,15?,16-/m0/s1. The lowest BCUT2D eigenvalue weighted by Crippen LogP contribution is -2.54. The number of rotatable bonds is 5. The van der Waals surface area contributed by atoms with E-state index in [4.69, 9.17) is 5.73 Å². The molecule has 2 saturated heterocycles. The van der Waals surface area contributed by atoms with Crippen molar-refractivity contribution in [1.29, 1.82) is 0 Å². The minimum absolute atomic E-state index is 0.191. The lowest BCUT2D eigenvalue weighted by molar-refractivity contribution is -0.135. The highest BCUT2D eigenvalue weighted by Gasteiger charge is 2.46. The monoisotopic (exact) mass is 293 g/mol. The molecule has 0 aromatic carbocycles. The number of carbonyl (C=O) groups is 1. The summed E-state index contributed by atoms with van der Waals surface area (Å²) in [4.78, 5) is 17.2. The third kappa shape index (κ3) is 3.26. The van der Waals surface area contributed by atoms with Gasteiger partial charge in [0.1, 0.15) is 0 Å². The molecule has 120 valence electrons. The Morgan fingerprint density at radius 1 is 1.19 bits per heavy atom. The normalized spacial score (nSPS) is 31.5. The van der Waals surface area contributed by atoms with Crippen molar-refractivity contribution in [3.05, 3.63) is 0 Å². The summed E-state index contributed by atoms with van der Waals surface area (Å²) in [5.41, 5.74) is 6.09. The fraction of sp³-hybridized carbons (Fsp3) is 0.941. The molecule has 1 aliphatic carbocycles. The molecule has 0 aromatic rings. The van der Waals surface area contributed by atoms with Gasteiger partial charge in [-0.2, -0.15) is 0 Å². The summed E-state index contributed by atoms with van der Waals surface area (Å²) in [5.74, 6) is 1.59. The van der Waals surface area contributed by atoms with Crippen LogP contribution in [0.4, 0.5) is 0 Å². The molecule has 2 bridgehead atoms. The molecule has 2 heterocycles. The summed E-state index contributed by atoms with van der Waals surface area (Å²) in [5, 5.41) is 0. The molecule has 0 aromatic heterocycles. The maximum Gasteiger partial charge on any atom is 0.239 e. The molecule has 21 heavy (non-hydrogen) atoms. The molecule has 3 fully saturated rings. The fourth-order valence-corrected chi connectivity index (χ4v) is 4.59. The quantitative estimate of drug-likeness (QED) is 0.841. The van der Waals surface area contributed by atoms with Crippen molar-refractivity contribution in [3.63, 3.8) is 0 Å². The maximum atomic E-state index is 12.5. The van der Waals surface area contributed by atoms with Gasteiger partial charge < -0.3 is 10.6 Å². The van der Waals surface area contributed by atoms with E-state index in [-0.39, 0.29) is 11.9 Å². The van der Waals surface area contributed by atoms with Gasteiger partial charge >= 0.3 is 0 Å². The number of carbonyl (C=O) groups excluding carboxylic acids is 1. The Hall–Kier alpha value is -0.610. The minimum Gasteiger partial charge on any atom is -0.335 e. The van der Waals surface area contributed by atoms with Gasteiger partial charge in [-0.05, 0) is 37.5 Å². The van der Waals surface area contributed by atoms with Gasteiger partial charge in [0.2, 0.25) is 5.91 Å². The molecule has 2 aliphatic heterocycles. The van der Waals surface area contributed by atoms with Gasteiger partial charge in [0.05, 0.1) is 6.04 Å². The van der Waals surface area contributed by atoms with Crippen LogP contribution in [0.1, 0.15) is 52.4 Å². The summed E-state index contributed by atoms with van der Waals surface area (Å²) in [7, 11) is 0. The third-order valence-electron chi connectivity index (χ3n) is 5.65. The maximum absolute atomic E-state index is 12.5. The Bertz CT molecular complexity index is 378. The largest absolute Gasteiger partial charge is 0.335 e. The second-order valence-electron chi connectivity index (χ2n) is 7.87. The van der Waals surface area contributed by atoms with E-state index in [0.717, 1.165) is 25.4 Å². The van der Waals surface area contributed by atoms with Crippen LogP contribution in [-0.4, -0.2) is 53.5 Å². The van der Waals surface area contributed by atoms with Crippen LogP contribution in [-0.2, 0) is 4.79 Å². The number of fused-ring (bicyclic) bond motifs is 2. The topological polar surface area (TPSA) is 49.6 Å². The van der Waals surface area contributed by atoms with Crippen LogP contribution in [0.5, 0.6) is 0 Å². The Balaban J connectivity index is 1.51. The van der Waals surface area contributed by atoms with Crippen molar-refractivity contribution >= 4 is 5.91 Å². The van der Waals surface area contributed by atoms with Crippen molar-refractivity contribution in [2.45, 2.75) is 70.5 Å². The lowest BCUT2D eigenvalue weighted by Gasteiger charge is -2.36. The first-order valence-electron chi connectivity index (χ1n) is 8.84. The zero-order valence-electron chi connectivity index (χ0n) is 13.6. The van der Waals surface area contributed by atoms with Gasteiger partial charge in [0.15, 0.2) is 0 Å². The van der Waals surface area contributed by atoms with E-state index in [0.29, 0.717) is 18.0 Å². The number of piperazine rings is 1. The first-order chi connectivity index (χ1) is 10.0. The smallest absolute Gasteiger partial charge is 0.239 e. The van der Waals surface area contributed by atoms with Crippen molar-refractivity contribution in [2.75, 3.05) is 19.6 Å². The van der Waals surface area contributed by atoms with E-state index in [9.17, 15) is 4.79 Å². The molecule has 0 radical (unpaired) electrons. The van der Waals surface area contributed by atoms with Crippen molar-refractivity contribution < 1.29 is 4.79 Å². The molecule has 1 saturated carbocycles. The summed E-state index contributed by atoms with van der Waals surface area (Å²) in [6.45, 7) is 7.53. The van der Waals surface area contributed by atoms with E-state index >= 15 is 0 Å². The van der Waals surface area contributed by atoms with Gasteiger partial charge in [-0.3, -0.25) is 9.69 Å². The Kier molecular flexibility index (Phi) is 4.55. The van der Waals surface area contributed by atoms with Gasteiger partial charge in [-0.1, -0.05) is 26.7 Å². The average Bonchev–Trinajstić information content (AvgIpc) is 3.13. The van der Waals surface area contributed by atoms with Gasteiger partial charge in [-0.15, -0.1) is 0 Å². The summed E-state index contributed by atoms with van der Waals surface area (Å²) in [6.07, 6.45) is 7.64. The molecular formula is C17H31N3O. The van der Waals surface area contributed by atoms with Crippen LogP contribution >= 0.6 is 0 Å². The number of hydrogen-bond acceptors (Lipinski definition) is 3. The molecule has 0 spiro atoms. The first kappa shape index (κ1) is 15.3. The highest BCUT2D eigenvalue weighted by Crippen LogP contribution is 2.34. The van der Waals surface area contributed by atoms with E-state index < -0.39 is 0 Å². The highest BCUT2D eigenvalue weighted by molar-refractivity contribution is 5.82. The predicted octanol–water partition coefficient (Wildman–Crippen LogP) is 1.84. The average molecular weight is 293 g/mol. The van der Waals surface area contributed by atoms with Crippen LogP contribution in [0.25, 0.3) is 0 Å². The van der Waals surface area contributed by atoms with Crippen LogP contribution in [0.3, 0.4) is 0 Å². The number of nitrogens with zero attached hydrogens (tertiary/aromatic N) is 2.